The van der Waals surface area contributed by atoms with Crippen LogP contribution < -0.4 is 10.2 Å². The summed E-state index contributed by atoms with van der Waals surface area (Å²) in [7, 11) is 2.00. The lowest BCUT2D eigenvalue weighted by Gasteiger charge is -2.22. The first-order chi connectivity index (χ1) is 8.26. The summed E-state index contributed by atoms with van der Waals surface area (Å²) >= 11 is 5.93. The number of amides is 1. The first-order valence-electron chi connectivity index (χ1n) is 6.13. The van der Waals surface area contributed by atoms with Crippen molar-refractivity contribution in [3.63, 3.8) is 0 Å². The molecule has 0 saturated heterocycles. The van der Waals surface area contributed by atoms with Gasteiger partial charge in [0.2, 0.25) is 0 Å². The van der Waals surface area contributed by atoms with Crippen LogP contribution in [0.3, 0.4) is 0 Å². The van der Waals surface area contributed by atoms with E-state index in [9.17, 15) is 4.79 Å². The largest absolute Gasteiger partial charge is 0.347 e. The minimum atomic E-state index is -0.173. The number of benzene rings is 1. The number of hydrogen-bond donors (Lipinski definition) is 2. The highest BCUT2D eigenvalue weighted by molar-refractivity contribution is 6.30. The van der Waals surface area contributed by atoms with Crippen molar-refractivity contribution >= 4 is 17.5 Å². The highest BCUT2D eigenvalue weighted by Crippen LogP contribution is 2.09. The van der Waals surface area contributed by atoms with Crippen molar-refractivity contribution in [1.82, 2.24) is 5.32 Å². The number of halogens is 1. The van der Waals surface area contributed by atoms with Crippen molar-refractivity contribution in [2.75, 3.05) is 13.6 Å². The third kappa shape index (κ3) is 6.03. The molecule has 1 aromatic rings. The Balaban J connectivity index is 2.47. The molecule has 0 radical (unpaired) electrons. The van der Waals surface area contributed by atoms with Crippen LogP contribution in [0.15, 0.2) is 24.3 Å². The summed E-state index contributed by atoms with van der Waals surface area (Å²) in [4.78, 5) is 12.9. The second kappa shape index (κ2) is 6.21. The van der Waals surface area contributed by atoms with Crippen LogP contribution in [0.2, 0.25) is 5.02 Å². The molecule has 3 nitrogen and oxygen atoms in total. The van der Waals surface area contributed by atoms with E-state index in [0.717, 1.165) is 22.0 Å². The highest BCUT2D eigenvalue weighted by Gasteiger charge is 2.17. The summed E-state index contributed by atoms with van der Waals surface area (Å²) in [5, 5.41) is 3.70. The van der Waals surface area contributed by atoms with Gasteiger partial charge >= 0.3 is 0 Å². The monoisotopic (exact) mass is 269 g/mol. The lowest BCUT2D eigenvalue weighted by atomic mass is 10.1. The molecule has 1 atom stereocenters. The number of carbonyl (C=O) groups is 1. The average molecular weight is 270 g/mol. The zero-order chi connectivity index (χ0) is 13.8. The molecule has 1 rings (SSSR count). The summed E-state index contributed by atoms with van der Waals surface area (Å²) < 4.78 is 0. The van der Waals surface area contributed by atoms with Crippen LogP contribution >= 0.6 is 11.6 Å². The molecule has 18 heavy (non-hydrogen) atoms. The molecule has 0 aliphatic heterocycles. The number of likely N-dealkylation sites (N-methyl/N-ethyl adjacent to an activating group) is 1. The predicted molar refractivity (Wildman–Crippen MR) is 74.8 cm³/mol. The van der Waals surface area contributed by atoms with Crippen molar-refractivity contribution in [3.8, 4) is 0 Å². The molecular formula is C14H22ClN2O+. The summed E-state index contributed by atoms with van der Waals surface area (Å²) in [5.74, 6) is 0.0713. The van der Waals surface area contributed by atoms with Crippen LogP contribution in [0.25, 0.3) is 0 Å². The Morgan fingerprint density at radius 3 is 2.61 bits per heavy atom. The van der Waals surface area contributed by atoms with Crippen molar-refractivity contribution in [3.05, 3.63) is 34.9 Å². The lowest BCUT2D eigenvalue weighted by molar-refractivity contribution is -0.885. The minimum absolute atomic E-state index is 0.0713. The topological polar surface area (TPSA) is 33.5 Å². The molecule has 1 amide bonds. The maximum Gasteiger partial charge on any atom is 0.275 e. The summed E-state index contributed by atoms with van der Waals surface area (Å²) in [6.45, 7) is 7.20. The van der Waals surface area contributed by atoms with Gasteiger partial charge in [0.1, 0.15) is 6.54 Å². The molecular weight excluding hydrogens is 248 g/mol. The van der Waals surface area contributed by atoms with Gasteiger partial charge in [0.15, 0.2) is 6.54 Å². The Morgan fingerprint density at radius 2 is 2.06 bits per heavy atom. The third-order valence-electron chi connectivity index (χ3n) is 2.37. The van der Waals surface area contributed by atoms with Crippen LogP contribution in [0.5, 0.6) is 0 Å². The molecule has 0 aliphatic carbocycles. The third-order valence-corrected chi connectivity index (χ3v) is 2.61. The van der Waals surface area contributed by atoms with Gasteiger partial charge in [-0.05, 0) is 32.9 Å². The van der Waals surface area contributed by atoms with Crippen molar-refractivity contribution in [1.29, 1.82) is 0 Å². The second-order valence-corrected chi connectivity index (χ2v) is 6.18. The van der Waals surface area contributed by atoms with E-state index in [2.05, 4.69) is 5.32 Å². The Bertz CT molecular complexity index is 413. The number of quaternary nitrogens is 1. The molecule has 1 aromatic carbocycles. The van der Waals surface area contributed by atoms with Gasteiger partial charge in [-0.1, -0.05) is 23.7 Å². The van der Waals surface area contributed by atoms with E-state index in [0.29, 0.717) is 6.54 Å². The number of nitrogens with one attached hydrogen (secondary N) is 2. The smallest absolute Gasteiger partial charge is 0.275 e. The Morgan fingerprint density at radius 1 is 1.39 bits per heavy atom. The van der Waals surface area contributed by atoms with Gasteiger partial charge in [-0.3, -0.25) is 4.79 Å². The van der Waals surface area contributed by atoms with Gasteiger partial charge < -0.3 is 10.2 Å². The number of hydrogen-bond acceptors (Lipinski definition) is 1. The molecule has 4 heteroatoms. The van der Waals surface area contributed by atoms with E-state index in [-0.39, 0.29) is 11.4 Å². The predicted octanol–water partition coefficient (Wildman–Crippen LogP) is 1.27. The maximum absolute atomic E-state index is 11.8. The standard InChI is InChI=1S/C14H21ClN2O/c1-14(2,3)16-13(18)10-17(4)9-11-6-5-7-12(15)8-11/h5-8H,9-10H2,1-4H3,(H,16,18)/p+1. The van der Waals surface area contributed by atoms with Gasteiger partial charge in [0.25, 0.3) is 5.91 Å². The highest BCUT2D eigenvalue weighted by atomic mass is 35.5. The van der Waals surface area contributed by atoms with E-state index < -0.39 is 0 Å². The Labute approximate surface area is 114 Å². The quantitative estimate of drug-likeness (QED) is 0.848. The molecule has 0 saturated carbocycles. The molecule has 0 aliphatic rings. The molecule has 1 unspecified atom stereocenters. The maximum atomic E-state index is 11.8. The van der Waals surface area contributed by atoms with Gasteiger partial charge in [0.05, 0.1) is 7.05 Å². The minimum Gasteiger partial charge on any atom is -0.347 e. The van der Waals surface area contributed by atoms with E-state index in [4.69, 9.17) is 11.6 Å². The zero-order valence-corrected chi connectivity index (χ0v) is 12.3. The van der Waals surface area contributed by atoms with Crippen molar-refractivity contribution in [2.24, 2.45) is 0 Å². The fraction of sp³-hybridized carbons (Fsp3) is 0.500. The van der Waals surface area contributed by atoms with Crippen LogP contribution in [0.1, 0.15) is 26.3 Å². The number of carbonyl (C=O) groups excluding carboxylic acids is 1. The molecule has 0 spiro atoms. The number of rotatable bonds is 4. The van der Waals surface area contributed by atoms with Crippen molar-refractivity contribution in [2.45, 2.75) is 32.9 Å². The first-order valence-corrected chi connectivity index (χ1v) is 6.51. The van der Waals surface area contributed by atoms with E-state index >= 15 is 0 Å². The fourth-order valence-corrected chi connectivity index (χ4v) is 2.01. The van der Waals surface area contributed by atoms with Crippen LogP contribution in [-0.4, -0.2) is 25.0 Å². The van der Waals surface area contributed by atoms with E-state index in [1.807, 2.05) is 52.1 Å². The Hall–Kier alpha value is -1.06. The van der Waals surface area contributed by atoms with Gasteiger partial charge in [0, 0.05) is 16.1 Å². The Kier molecular flexibility index (Phi) is 5.17. The lowest BCUT2D eigenvalue weighted by Crippen LogP contribution is -3.09. The van der Waals surface area contributed by atoms with Crippen LogP contribution in [0.4, 0.5) is 0 Å². The molecule has 0 heterocycles. The zero-order valence-electron chi connectivity index (χ0n) is 11.5. The molecule has 2 N–H and O–H groups in total. The first kappa shape index (κ1) is 15.0. The molecule has 100 valence electrons. The summed E-state index contributed by atoms with van der Waals surface area (Å²) in [6, 6.07) is 7.75. The normalized spacial score (nSPS) is 13.2. The van der Waals surface area contributed by atoms with Crippen molar-refractivity contribution < 1.29 is 9.69 Å². The van der Waals surface area contributed by atoms with Gasteiger partial charge in [-0.25, -0.2) is 0 Å². The summed E-state index contributed by atoms with van der Waals surface area (Å²) in [6.07, 6.45) is 0. The van der Waals surface area contributed by atoms with Crippen LogP contribution in [0, 0.1) is 0 Å². The SMILES string of the molecule is C[NH+](CC(=O)NC(C)(C)C)Cc1cccc(Cl)c1. The van der Waals surface area contributed by atoms with E-state index in [1.165, 1.54) is 0 Å². The van der Waals surface area contributed by atoms with Gasteiger partial charge in [-0.2, -0.15) is 0 Å². The molecule has 0 fully saturated rings. The van der Waals surface area contributed by atoms with Crippen LogP contribution in [-0.2, 0) is 11.3 Å². The fourth-order valence-electron chi connectivity index (χ4n) is 1.79. The van der Waals surface area contributed by atoms with Gasteiger partial charge in [-0.15, -0.1) is 0 Å². The average Bonchev–Trinajstić information content (AvgIpc) is 2.13. The molecule has 0 aromatic heterocycles. The molecule has 0 bridgehead atoms. The second-order valence-electron chi connectivity index (χ2n) is 5.74. The van der Waals surface area contributed by atoms with E-state index in [1.54, 1.807) is 0 Å². The summed E-state index contributed by atoms with van der Waals surface area (Å²) in [5.41, 5.74) is 0.969.